The third-order valence-corrected chi connectivity index (χ3v) is 2.40. The van der Waals surface area contributed by atoms with Crippen LogP contribution in [0.3, 0.4) is 0 Å². The molecule has 14 heavy (non-hydrogen) atoms. The lowest BCUT2D eigenvalue weighted by Crippen LogP contribution is -1.96. The van der Waals surface area contributed by atoms with Gasteiger partial charge >= 0.3 is 0 Å². The fraction of sp³-hybridized carbons (Fsp3) is 0.769. The highest BCUT2D eigenvalue weighted by atomic mass is 16.1. The highest BCUT2D eigenvalue weighted by molar-refractivity contribution is 5.73. The molecule has 0 N–H and O–H groups in total. The summed E-state index contributed by atoms with van der Waals surface area (Å²) >= 11 is 0. The van der Waals surface area contributed by atoms with Gasteiger partial charge in [-0.2, -0.15) is 0 Å². The van der Waals surface area contributed by atoms with Crippen LogP contribution in [0.15, 0.2) is 11.6 Å². The highest BCUT2D eigenvalue weighted by Crippen LogP contribution is 2.14. The predicted octanol–water partition coefficient (Wildman–Crippen LogP) is 3.98. The van der Waals surface area contributed by atoms with Gasteiger partial charge in [0.05, 0.1) is 0 Å². The maximum absolute atomic E-state index is 10.8. The Balaban J connectivity index is 4.03. The van der Waals surface area contributed by atoms with Crippen LogP contribution in [0.25, 0.3) is 0 Å². The van der Waals surface area contributed by atoms with Gasteiger partial charge in [-0.25, -0.2) is 0 Å². The molecule has 0 aliphatic heterocycles. The maximum Gasteiger partial charge on any atom is 0.145 e. The summed E-state index contributed by atoms with van der Waals surface area (Å²) in [4.78, 5) is 10.8. The molecule has 0 aromatic carbocycles. The van der Waals surface area contributed by atoms with E-state index < -0.39 is 0 Å². The molecule has 0 aromatic heterocycles. The van der Waals surface area contributed by atoms with Crippen molar-refractivity contribution in [3.8, 4) is 0 Å². The molecular formula is C13H24O. The zero-order chi connectivity index (χ0) is 11.0. The smallest absolute Gasteiger partial charge is 0.145 e. The molecule has 0 fully saturated rings. The Morgan fingerprint density at radius 1 is 1.21 bits per heavy atom. The van der Waals surface area contributed by atoms with Gasteiger partial charge in [0, 0.05) is 0 Å². The van der Waals surface area contributed by atoms with Gasteiger partial charge in [-0.3, -0.25) is 4.79 Å². The first kappa shape index (κ1) is 13.4. The second-order valence-electron chi connectivity index (χ2n) is 4.56. The monoisotopic (exact) mass is 196 g/mol. The van der Waals surface area contributed by atoms with Crippen LogP contribution in [-0.2, 0) is 4.79 Å². The van der Waals surface area contributed by atoms with Gasteiger partial charge < -0.3 is 0 Å². The third kappa shape index (κ3) is 6.88. The molecule has 0 amide bonds. The molecule has 0 rings (SSSR count). The van der Waals surface area contributed by atoms with E-state index in [4.69, 9.17) is 0 Å². The zero-order valence-electron chi connectivity index (χ0n) is 10.0. The molecular weight excluding hydrogens is 172 g/mol. The lowest BCUT2D eigenvalue weighted by molar-refractivity contribution is -0.105. The van der Waals surface area contributed by atoms with Crippen molar-refractivity contribution in [3.63, 3.8) is 0 Å². The first-order valence-corrected chi connectivity index (χ1v) is 5.76. The summed E-state index contributed by atoms with van der Waals surface area (Å²) in [6, 6.07) is 0. The first-order chi connectivity index (χ1) is 6.60. The summed E-state index contributed by atoms with van der Waals surface area (Å²) in [7, 11) is 0. The Kier molecular flexibility index (Phi) is 7.45. The molecule has 1 atom stereocenters. The molecule has 0 aromatic rings. The fourth-order valence-electron chi connectivity index (χ4n) is 1.54. The van der Waals surface area contributed by atoms with E-state index in [2.05, 4.69) is 33.8 Å². The molecule has 0 heterocycles. The molecule has 0 spiro atoms. The maximum atomic E-state index is 10.8. The summed E-state index contributed by atoms with van der Waals surface area (Å²) in [5, 5.41) is 0. The quantitative estimate of drug-likeness (QED) is 0.444. The molecule has 1 heteroatoms. The fourth-order valence-corrected chi connectivity index (χ4v) is 1.54. The van der Waals surface area contributed by atoms with Crippen molar-refractivity contribution in [1.82, 2.24) is 0 Å². The minimum absolute atomic E-state index is 0.548. The Morgan fingerprint density at radius 3 is 2.29 bits per heavy atom. The first-order valence-electron chi connectivity index (χ1n) is 5.76. The van der Waals surface area contributed by atoms with Gasteiger partial charge in [0.15, 0.2) is 0 Å². The summed E-state index contributed by atoms with van der Waals surface area (Å²) in [5.41, 5.74) is 0.986. The van der Waals surface area contributed by atoms with E-state index in [9.17, 15) is 4.79 Å². The molecule has 1 unspecified atom stereocenters. The van der Waals surface area contributed by atoms with Crippen LogP contribution >= 0.6 is 0 Å². The van der Waals surface area contributed by atoms with Gasteiger partial charge in [0.1, 0.15) is 6.29 Å². The van der Waals surface area contributed by atoms with Crippen molar-refractivity contribution in [2.75, 3.05) is 0 Å². The van der Waals surface area contributed by atoms with Gasteiger partial charge in [0.2, 0.25) is 0 Å². The Labute approximate surface area is 88.6 Å². The van der Waals surface area contributed by atoms with E-state index in [0.717, 1.165) is 24.7 Å². The Morgan fingerprint density at radius 2 is 1.86 bits per heavy atom. The van der Waals surface area contributed by atoms with Crippen molar-refractivity contribution < 1.29 is 4.79 Å². The SMILES string of the molecule is CCCC(C)/C=C(\C=O)CCC(C)C. The van der Waals surface area contributed by atoms with Crippen LogP contribution in [0.2, 0.25) is 0 Å². The molecule has 0 radical (unpaired) electrons. The standard InChI is InChI=1S/C13H24O/c1-5-6-12(4)9-13(10-14)8-7-11(2)3/h9-12H,5-8H2,1-4H3/b13-9-. The van der Waals surface area contributed by atoms with E-state index in [1.165, 1.54) is 12.8 Å². The molecule has 0 saturated heterocycles. The molecule has 0 saturated carbocycles. The number of rotatable bonds is 7. The highest BCUT2D eigenvalue weighted by Gasteiger charge is 2.02. The lowest BCUT2D eigenvalue weighted by atomic mass is 9.98. The number of hydrogen-bond acceptors (Lipinski definition) is 1. The van der Waals surface area contributed by atoms with Crippen LogP contribution in [0.1, 0.15) is 53.4 Å². The number of allylic oxidation sites excluding steroid dienone is 2. The predicted molar refractivity (Wildman–Crippen MR) is 62.3 cm³/mol. The summed E-state index contributed by atoms with van der Waals surface area (Å²) < 4.78 is 0. The van der Waals surface area contributed by atoms with Crippen molar-refractivity contribution in [2.24, 2.45) is 11.8 Å². The molecule has 0 aliphatic rings. The van der Waals surface area contributed by atoms with E-state index >= 15 is 0 Å². The summed E-state index contributed by atoms with van der Waals surface area (Å²) in [5.74, 6) is 1.23. The molecule has 82 valence electrons. The van der Waals surface area contributed by atoms with Crippen molar-refractivity contribution in [2.45, 2.75) is 53.4 Å². The number of carbonyl (C=O) groups is 1. The molecule has 1 nitrogen and oxygen atoms in total. The topological polar surface area (TPSA) is 17.1 Å². The lowest BCUT2D eigenvalue weighted by Gasteiger charge is -2.07. The van der Waals surface area contributed by atoms with Crippen LogP contribution in [0, 0.1) is 11.8 Å². The van der Waals surface area contributed by atoms with Gasteiger partial charge in [-0.1, -0.05) is 40.2 Å². The summed E-state index contributed by atoms with van der Waals surface area (Å²) in [6.45, 7) is 8.75. The average Bonchev–Trinajstić information content (AvgIpc) is 2.12. The molecule has 0 bridgehead atoms. The Hall–Kier alpha value is -0.590. The van der Waals surface area contributed by atoms with E-state index in [-0.39, 0.29) is 0 Å². The largest absolute Gasteiger partial charge is 0.298 e. The minimum atomic E-state index is 0.548. The number of hydrogen-bond donors (Lipinski definition) is 0. The Bertz CT molecular complexity index is 180. The van der Waals surface area contributed by atoms with Crippen LogP contribution < -0.4 is 0 Å². The van der Waals surface area contributed by atoms with Crippen LogP contribution in [0.5, 0.6) is 0 Å². The van der Waals surface area contributed by atoms with Gasteiger partial charge in [-0.05, 0) is 36.7 Å². The van der Waals surface area contributed by atoms with Gasteiger partial charge in [-0.15, -0.1) is 0 Å². The van der Waals surface area contributed by atoms with E-state index in [1.54, 1.807) is 0 Å². The number of aldehydes is 1. The second kappa shape index (κ2) is 7.78. The van der Waals surface area contributed by atoms with Gasteiger partial charge in [0.25, 0.3) is 0 Å². The van der Waals surface area contributed by atoms with Crippen LogP contribution in [0.4, 0.5) is 0 Å². The zero-order valence-corrected chi connectivity index (χ0v) is 10.0. The van der Waals surface area contributed by atoms with Crippen molar-refractivity contribution in [3.05, 3.63) is 11.6 Å². The van der Waals surface area contributed by atoms with E-state index in [0.29, 0.717) is 11.8 Å². The summed E-state index contributed by atoms with van der Waals surface area (Å²) in [6.07, 6.45) is 7.58. The van der Waals surface area contributed by atoms with Crippen molar-refractivity contribution >= 4 is 6.29 Å². The average molecular weight is 196 g/mol. The van der Waals surface area contributed by atoms with Crippen LogP contribution in [-0.4, -0.2) is 6.29 Å². The van der Waals surface area contributed by atoms with E-state index in [1.807, 2.05) is 0 Å². The second-order valence-corrected chi connectivity index (χ2v) is 4.56. The third-order valence-electron chi connectivity index (χ3n) is 2.40. The number of carbonyl (C=O) groups excluding carboxylic acids is 1. The minimum Gasteiger partial charge on any atom is -0.298 e. The van der Waals surface area contributed by atoms with Crippen molar-refractivity contribution in [1.29, 1.82) is 0 Å². The normalized spacial score (nSPS) is 14.5. The molecule has 0 aliphatic carbocycles.